The molecule has 1 saturated heterocycles. The Morgan fingerprint density at radius 2 is 1.89 bits per heavy atom. The number of pyridine rings is 1. The van der Waals surface area contributed by atoms with Crippen molar-refractivity contribution in [2.75, 3.05) is 20.3 Å². The van der Waals surface area contributed by atoms with Crippen molar-refractivity contribution in [1.82, 2.24) is 10.3 Å². The number of methoxy groups -OCH3 is 1. The van der Waals surface area contributed by atoms with Gasteiger partial charge in [0.1, 0.15) is 6.10 Å². The van der Waals surface area contributed by atoms with E-state index in [0.717, 1.165) is 12.8 Å². The largest absolute Gasteiger partial charge is 0.493 e. The van der Waals surface area contributed by atoms with Gasteiger partial charge in [0.25, 0.3) is 5.91 Å². The molecule has 1 aliphatic heterocycles. The maximum Gasteiger partial charge on any atom is 0.331 e. The molecule has 2 aromatic rings. The number of benzene rings is 1. The lowest BCUT2D eigenvalue weighted by Crippen LogP contribution is -2.46. The van der Waals surface area contributed by atoms with E-state index in [0.29, 0.717) is 12.5 Å². The lowest BCUT2D eigenvalue weighted by molar-refractivity contribution is -0.154. The van der Waals surface area contributed by atoms with E-state index in [4.69, 9.17) is 18.9 Å². The zero-order chi connectivity index (χ0) is 26.9. The van der Waals surface area contributed by atoms with Gasteiger partial charge in [-0.25, -0.2) is 9.78 Å². The predicted molar refractivity (Wildman–Crippen MR) is 136 cm³/mol. The minimum absolute atomic E-state index is 0.0656. The molecule has 0 spiro atoms. The van der Waals surface area contributed by atoms with Gasteiger partial charge in [-0.3, -0.25) is 9.59 Å². The smallest absolute Gasteiger partial charge is 0.331 e. The maximum atomic E-state index is 13.1. The minimum atomic E-state index is -1.07. The zero-order valence-corrected chi connectivity index (χ0v) is 22.1. The summed E-state index contributed by atoms with van der Waals surface area (Å²) in [6.45, 7) is 7.74. The van der Waals surface area contributed by atoms with E-state index in [1.807, 2.05) is 25.1 Å². The van der Waals surface area contributed by atoms with Gasteiger partial charge in [0.05, 0.1) is 20.3 Å². The lowest BCUT2D eigenvalue weighted by atomic mass is 9.79. The molecule has 1 fully saturated rings. The second-order valence-corrected chi connectivity index (χ2v) is 9.73. The van der Waals surface area contributed by atoms with E-state index in [-0.39, 0.29) is 41.7 Å². The summed E-state index contributed by atoms with van der Waals surface area (Å²) in [5, 5.41) is 2.64. The van der Waals surface area contributed by atoms with Crippen molar-refractivity contribution < 1.29 is 33.3 Å². The molecule has 2 heterocycles. The average Bonchev–Trinajstić information content (AvgIpc) is 2.90. The molecule has 9 heteroatoms. The molecule has 9 nitrogen and oxygen atoms in total. The number of rotatable bonds is 8. The standard InChI is InChI=1S/C28H36N2O7/c1-17(2)13-22-18(3)36-28(33)23(16-35-15-21(22)14-20-9-7-6-8-10-20)30-27(32)25-26(37-19(4)31)24(34-5)11-12-29-25/h6-12,17-18,21-23H,13-16H2,1-5H3,(H,30,32)/t18-,21-,22-,23-/m0/s1. The summed E-state index contributed by atoms with van der Waals surface area (Å²) in [6.07, 6.45) is 2.63. The van der Waals surface area contributed by atoms with Crippen molar-refractivity contribution in [3.05, 3.63) is 53.9 Å². The van der Waals surface area contributed by atoms with Crippen molar-refractivity contribution in [3.8, 4) is 11.5 Å². The quantitative estimate of drug-likeness (QED) is 0.534. The number of nitrogens with zero attached hydrogens (tertiary/aromatic N) is 1. The number of ether oxygens (including phenoxy) is 4. The summed E-state index contributed by atoms with van der Waals surface area (Å²) in [4.78, 5) is 41.9. The third kappa shape index (κ3) is 7.76. The van der Waals surface area contributed by atoms with Crippen LogP contribution in [0.25, 0.3) is 0 Å². The molecule has 0 bridgehead atoms. The van der Waals surface area contributed by atoms with Gasteiger partial charge in [-0.1, -0.05) is 44.2 Å². The van der Waals surface area contributed by atoms with Gasteiger partial charge in [0, 0.05) is 25.1 Å². The third-order valence-corrected chi connectivity index (χ3v) is 6.35. The summed E-state index contributed by atoms with van der Waals surface area (Å²) >= 11 is 0. The Labute approximate surface area is 217 Å². The molecule has 3 rings (SSSR count). The van der Waals surface area contributed by atoms with E-state index in [1.165, 1.54) is 31.9 Å². The average molecular weight is 513 g/mol. The van der Waals surface area contributed by atoms with Crippen molar-refractivity contribution >= 4 is 17.8 Å². The van der Waals surface area contributed by atoms with E-state index >= 15 is 0 Å². The zero-order valence-electron chi connectivity index (χ0n) is 22.1. The van der Waals surface area contributed by atoms with Gasteiger partial charge in [0.15, 0.2) is 17.5 Å². The summed E-state index contributed by atoms with van der Waals surface area (Å²) in [5.74, 6) is -1.30. The maximum absolute atomic E-state index is 13.1. The van der Waals surface area contributed by atoms with E-state index in [9.17, 15) is 14.4 Å². The topological polar surface area (TPSA) is 113 Å². The van der Waals surface area contributed by atoms with Crippen LogP contribution in [0.1, 0.15) is 50.2 Å². The second-order valence-electron chi connectivity index (χ2n) is 9.73. The first-order chi connectivity index (χ1) is 17.7. The number of nitrogens with one attached hydrogen (secondary N) is 1. The molecule has 200 valence electrons. The normalized spacial score (nSPS) is 22.3. The van der Waals surface area contributed by atoms with Crippen molar-refractivity contribution in [2.45, 2.75) is 52.7 Å². The second kappa shape index (κ2) is 13.2. The predicted octanol–water partition coefficient (Wildman–Crippen LogP) is 3.60. The first-order valence-corrected chi connectivity index (χ1v) is 12.5. The molecule has 0 radical (unpaired) electrons. The fourth-order valence-electron chi connectivity index (χ4n) is 4.64. The molecule has 1 amide bonds. The van der Waals surface area contributed by atoms with Crippen LogP contribution in [-0.2, 0) is 25.5 Å². The van der Waals surface area contributed by atoms with Crippen LogP contribution in [0.2, 0.25) is 0 Å². The van der Waals surface area contributed by atoms with E-state index < -0.39 is 23.9 Å². The number of cyclic esters (lactones) is 1. The summed E-state index contributed by atoms with van der Waals surface area (Å²) < 4.78 is 22.3. The highest BCUT2D eigenvalue weighted by molar-refractivity contribution is 5.98. The molecule has 0 unspecified atom stereocenters. The van der Waals surface area contributed by atoms with Crippen LogP contribution in [0.4, 0.5) is 0 Å². The number of carbonyl (C=O) groups excluding carboxylic acids is 3. The Balaban J connectivity index is 1.81. The first-order valence-electron chi connectivity index (χ1n) is 12.5. The highest BCUT2D eigenvalue weighted by atomic mass is 16.6. The van der Waals surface area contributed by atoms with Gasteiger partial charge < -0.3 is 24.3 Å². The summed E-state index contributed by atoms with van der Waals surface area (Å²) in [6, 6.07) is 10.6. The minimum Gasteiger partial charge on any atom is -0.493 e. The Morgan fingerprint density at radius 1 is 1.16 bits per heavy atom. The van der Waals surface area contributed by atoms with Gasteiger partial charge in [-0.15, -0.1) is 0 Å². The molecule has 0 aliphatic carbocycles. The highest BCUT2D eigenvalue weighted by Gasteiger charge is 2.35. The molecule has 1 aromatic heterocycles. The monoisotopic (exact) mass is 512 g/mol. The molecule has 0 saturated carbocycles. The van der Waals surface area contributed by atoms with Crippen LogP contribution < -0.4 is 14.8 Å². The summed E-state index contributed by atoms with van der Waals surface area (Å²) in [7, 11) is 1.38. The van der Waals surface area contributed by atoms with Crippen molar-refractivity contribution in [3.63, 3.8) is 0 Å². The lowest BCUT2D eigenvalue weighted by Gasteiger charge is -2.32. The molecular weight excluding hydrogens is 476 g/mol. The van der Waals surface area contributed by atoms with Crippen LogP contribution in [0.15, 0.2) is 42.6 Å². The number of hydrogen-bond acceptors (Lipinski definition) is 8. The fraction of sp³-hybridized carbons (Fsp3) is 0.500. The van der Waals surface area contributed by atoms with E-state index in [1.54, 1.807) is 0 Å². The van der Waals surface area contributed by atoms with Gasteiger partial charge in [-0.05, 0) is 37.2 Å². The number of esters is 2. The van der Waals surface area contributed by atoms with Crippen LogP contribution in [0.5, 0.6) is 11.5 Å². The number of hydrogen-bond donors (Lipinski definition) is 1. The highest BCUT2D eigenvalue weighted by Crippen LogP contribution is 2.32. The Morgan fingerprint density at radius 3 is 2.54 bits per heavy atom. The third-order valence-electron chi connectivity index (χ3n) is 6.35. The van der Waals surface area contributed by atoms with Crippen LogP contribution in [0, 0.1) is 17.8 Å². The first kappa shape index (κ1) is 28.1. The fourth-order valence-corrected chi connectivity index (χ4v) is 4.64. The number of carbonyl (C=O) groups is 3. The molecule has 1 aliphatic rings. The van der Waals surface area contributed by atoms with E-state index in [2.05, 4.69) is 36.3 Å². The SMILES string of the molecule is COc1ccnc(C(=O)N[C@H]2COC[C@H](Cc3ccccc3)[C@@H](CC(C)C)[C@H](C)OC2=O)c1OC(C)=O. The summed E-state index contributed by atoms with van der Waals surface area (Å²) in [5.41, 5.74) is 1.00. The van der Waals surface area contributed by atoms with Gasteiger partial charge in [0.2, 0.25) is 5.75 Å². The molecule has 1 aromatic carbocycles. The Kier molecular flexibility index (Phi) is 10.0. The molecule has 37 heavy (non-hydrogen) atoms. The van der Waals surface area contributed by atoms with Crippen LogP contribution >= 0.6 is 0 Å². The Hall–Kier alpha value is -3.46. The van der Waals surface area contributed by atoms with Gasteiger partial charge in [-0.2, -0.15) is 0 Å². The van der Waals surface area contributed by atoms with Crippen molar-refractivity contribution in [1.29, 1.82) is 0 Å². The molecular formula is C28H36N2O7. The Bertz CT molecular complexity index is 1070. The van der Waals surface area contributed by atoms with Crippen LogP contribution in [0.3, 0.4) is 0 Å². The van der Waals surface area contributed by atoms with Crippen molar-refractivity contribution in [2.24, 2.45) is 17.8 Å². The molecule has 1 N–H and O–H groups in total. The number of aromatic nitrogens is 1. The molecule has 4 atom stereocenters. The number of amides is 1. The van der Waals surface area contributed by atoms with Crippen LogP contribution in [-0.4, -0.2) is 55.3 Å². The van der Waals surface area contributed by atoms with Gasteiger partial charge >= 0.3 is 11.9 Å².